The van der Waals surface area contributed by atoms with Crippen LogP contribution < -0.4 is 20.9 Å². The molecule has 0 saturated heterocycles. The lowest BCUT2D eigenvalue weighted by Crippen LogP contribution is -2.49. The number of halogens is 1. The summed E-state index contributed by atoms with van der Waals surface area (Å²) < 4.78 is 21.5. The molecule has 0 bridgehead atoms. The molecule has 0 fully saturated rings. The molecule has 0 aliphatic carbocycles. The third kappa shape index (κ3) is 6.61. The molecule has 4 N–H and O–H groups in total. The Balaban J connectivity index is 1.27. The molecule has 0 saturated carbocycles. The zero-order valence-corrected chi connectivity index (χ0v) is 27.1. The zero-order chi connectivity index (χ0) is 34.2. The summed E-state index contributed by atoms with van der Waals surface area (Å²) in [5.41, 5.74) is 3.00. The molecule has 2 aliphatic rings. The predicted octanol–water partition coefficient (Wildman–Crippen LogP) is 4.07. The molecule has 2 amide bonds. The molecule has 6 rings (SSSR count). The number of anilines is 1. The molecule has 248 valence electrons. The Labute approximate surface area is 276 Å². The molecular formula is C35H37FN8O4. The predicted molar refractivity (Wildman–Crippen MR) is 177 cm³/mol. The molecule has 12 nitrogen and oxygen atoms in total. The molecule has 0 radical (unpaired) electrons. The second-order valence-electron chi connectivity index (χ2n) is 12.8. The van der Waals surface area contributed by atoms with E-state index in [1.807, 2.05) is 30.3 Å². The minimum atomic E-state index is -0.722. The van der Waals surface area contributed by atoms with Crippen molar-refractivity contribution < 1.29 is 23.5 Å². The van der Waals surface area contributed by atoms with E-state index in [1.165, 1.54) is 6.07 Å². The van der Waals surface area contributed by atoms with E-state index in [1.54, 1.807) is 67.7 Å². The van der Waals surface area contributed by atoms with Crippen LogP contribution in [0.3, 0.4) is 0 Å². The molecule has 13 heteroatoms. The number of amidine groups is 1. The van der Waals surface area contributed by atoms with E-state index in [-0.39, 0.29) is 43.0 Å². The Bertz CT molecular complexity index is 1950. The highest BCUT2D eigenvalue weighted by Crippen LogP contribution is 2.38. The van der Waals surface area contributed by atoms with Crippen molar-refractivity contribution in [3.63, 3.8) is 0 Å². The average molecular weight is 653 g/mol. The number of nitrogens with one attached hydrogen (secondary N) is 4. The highest BCUT2D eigenvalue weighted by Gasteiger charge is 2.43. The summed E-state index contributed by atoms with van der Waals surface area (Å²) in [4.78, 5) is 43.4. The number of rotatable bonds is 9. The quantitative estimate of drug-likeness (QED) is 0.197. The van der Waals surface area contributed by atoms with Gasteiger partial charge < -0.3 is 20.7 Å². The van der Waals surface area contributed by atoms with Crippen LogP contribution in [0.2, 0.25) is 0 Å². The fourth-order valence-electron chi connectivity index (χ4n) is 5.86. The van der Waals surface area contributed by atoms with Gasteiger partial charge in [0.25, 0.3) is 0 Å². The SMILES string of the molecule is CC1C(=O)NC2=C1C(=N)N(c1ccc(CCC(=O)NCC(=O)OC(C)(C)C)cc1)[C@H](c1nn(Cc3ccccc3F)c3ncccc13)N2. The molecule has 2 atom stereocenters. The average Bonchev–Trinajstić information content (AvgIpc) is 3.55. The number of esters is 1. The van der Waals surface area contributed by atoms with Crippen molar-refractivity contribution in [1.29, 1.82) is 5.41 Å². The lowest BCUT2D eigenvalue weighted by Gasteiger charge is -2.38. The second kappa shape index (κ2) is 12.9. The summed E-state index contributed by atoms with van der Waals surface area (Å²) in [5.74, 6) is -1.29. The highest BCUT2D eigenvalue weighted by atomic mass is 19.1. The van der Waals surface area contributed by atoms with Gasteiger partial charge in [0.15, 0.2) is 11.8 Å². The first kappa shape index (κ1) is 32.4. The Morgan fingerprint density at radius 3 is 2.56 bits per heavy atom. The summed E-state index contributed by atoms with van der Waals surface area (Å²) in [6.45, 7) is 6.99. The van der Waals surface area contributed by atoms with E-state index in [0.717, 1.165) is 5.56 Å². The first-order valence-electron chi connectivity index (χ1n) is 15.7. The number of pyridine rings is 1. The third-order valence-electron chi connectivity index (χ3n) is 8.16. The van der Waals surface area contributed by atoms with Crippen LogP contribution in [0.5, 0.6) is 0 Å². The maximum atomic E-state index is 14.7. The molecule has 2 aromatic heterocycles. The molecule has 4 aromatic rings. The number of fused-ring (bicyclic) bond motifs is 1. The Morgan fingerprint density at radius 2 is 1.83 bits per heavy atom. The van der Waals surface area contributed by atoms with Gasteiger partial charge in [-0.1, -0.05) is 30.3 Å². The summed E-state index contributed by atoms with van der Waals surface area (Å²) in [6, 6.07) is 17.6. The van der Waals surface area contributed by atoms with Crippen molar-refractivity contribution in [2.24, 2.45) is 5.92 Å². The summed E-state index contributed by atoms with van der Waals surface area (Å²) in [5, 5.41) is 23.8. The Hall–Kier alpha value is -5.59. The van der Waals surface area contributed by atoms with E-state index >= 15 is 0 Å². The number of hydrogen-bond donors (Lipinski definition) is 4. The van der Waals surface area contributed by atoms with Crippen molar-refractivity contribution in [3.05, 3.63) is 101 Å². The fourth-order valence-corrected chi connectivity index (χ4v) is 5.86. The normalized spacial score (nSPS) is 17.6. The van der Waals surface area contributed by atoms with E-state index < -0.39 is 23.7 Å². The van der Waals surface area contributed by atoms with Crippen molar-refractivity contribution in [2.45, 2.75) is 58.8 Å². The number of amides is 2. The van der Waals surface area contributed by atoms with Crippen LogP contribution in [0.25, 0.3) is 11.0 Å². The maximum absolute atomic E-state index is 14.7. The van der Waals surface area contributed by atoms with Crippen molar-refractivity contribution in [3.8, 4) is 0 Å². The lowest BCUT2D eigenvalue weighted by molar-refractivity contribution is -0.154. The maximum Gasteiger partial charge on any atom is 0.325 e. The van der Waals surface area contributed by atoms with Crippen molar-refractivity contribution in [2.75, 3.05) is 11.4 Å². The fraction of sp³-hybridized carbons (Fsp3) is 0.314. The molecule has 48 heavy (non-hydrogen) atoms. The van der Waals surface area contributed by atoms with Gasteiger partial charge in [-0.05, 0) is 70.0 Å². The van der Waals surface area contributed by atoms with Gasteiger partial charge >= 0.3 is 5.97 Å². The third-order valence-corrected chi connectivity index (χ3v) is 8.16. The molecule has 4 heterocycles. The zero-order valence-electron chi connectivity index (χ0n) is 27.1. The first-order chi connectivity index (χ1) is 22.9. The van der Waals surface area contributed by atoms with Gasteiger partial charge in [0.1, 0.15) is 35.3 Å². The van der Waals surface area contributed by atoms with Gasteiger partial charge in [-0.15, -0.1) is 0 Å². The monoisotopic (exact) mass is 652 g/mol. The van der Waals surface area contributed by atoms with Crippen LogP contribution in [0, 0.1) is 17.1 Å². The number of hydrogen-bond acceptors (Lipinski definition) is 8. The van der Waals surface area contributed by atoms with E-state index in [9.17, 15) is 24.2 Å². The lowest BCUT2D eigenvalue weighted by atomic mass is 9.98. The minimum absolute atomic E-state index is 0.134. The Morgan fingerprint density at radius 1 is 1.08 bits per heavy atom. The van der Waals surface area contributed by atoms with Gasteiger partial charge in [-0.2, -0.15) is 5.10 Å². The molecule has 2 aliphatic heterocycles. The van der Waals surface area contributed by atoms with Crippen LogP contribution in [0.15, 0.2) is 78.3 Å². The standard InChI is InChI=1S/C35H37FN8O4/c1-20-28-30(37)44(23-14-11-21(12-15-23)13-16-26(45)39-18-27(46)48-35(2,3)4)33(40-31(28)41-34(20)47)29-24-9-7-17-38-32(24)43(42-29)19-22-8-5-6-10-25(22)36/h5-12,14-15,17,20,33,37,40H,13,16,18-19H2,1-4H3,(H,39,45)(H,41,47)/t20?,33-/m1/s1. The van der Waals surface area contributed by atoms with Gasteiger partial charge in [0, 0.05) is 34.8 Å². The smallest absolute Gasteiger partial charge is 0.325 e. The number of aromatic nitrogens is 3. The summed E-state index contributed by atoms with van der Waals surface area (Å²) in [6.07, 6.45) is 1.53. The number of nitrogens with zero attached hydrogens (tertiary/aromatic N) is 4. The first-order valence-corrected chi connectivity index (χ1v) is 15.7. The van der Waals surface area contributed by atoms with Crippen LogP contribution in [0.1, 0.15) is 57.1 Å². The molecule has 2 aromatic carbocycles. The largest absolute Gasteiger partial charge is 0.459 e. The summed E-state index contributed by atoms with van der Waals surface area (Å²) >= 11 is 0. The molecular weight excluding hydrogens is 615 g/mol. The molecule has 1 unspecified atom stereocenters. The number of benzene rings is 2. The Kier molecular flexibility index (Phi) is 8.69. The van der Waals surface area contributed by atoms with E-state index in [0.29, 0.717) is 45.8 Å². The number of carbonyl (C=O) groups is 3. The minimum Gasteiger partial charge on any atom is -0.459 e. The molecule has 0 spiro atoms. The van der Waals surface area contributed by atoms with Crippen molar-refractivity contribution in [1.82, 2.24) is 30.7 Å². The van der Waals surface area contributed by atoms with Gasteiger partial charge in [-0.25, -0.2) is 14.1 Å². The van der Waals surface area contributed by atoms with Gasteiger partial charge in [0.2, 0.25) is 11.8 Å². The van der Waals surface area contributed by atoms with Gasteiger partial charge in [-0.3, -0.25) is 24.7 Å². The van der Waals surface area contributed by atoms with Crippen LogP contribution >= 0.6 is 0 Å². The highest BCUT2D eigenvalue weighted by molar-refractivity contribution is 6.14. The van der Waals surface area contributed by atoms with Crippen LogP contribution in [-0.2, 0) is 32.1 Å². The van der Waals surface area contributed by atoms with Crippen molar-refractivity contribution >= 4 is 40.3 Å². The number of ether oxygens (including phenoxy) is 1. The number of carbonyl (C=O) groups excluding carboxylic acids is 3. The van der Waals surface area contributed by atoms with E-state index in [4.69, 9.17) is 9.84 Å². The van der Waals surface area contributed by atoms with Crippen LogP contribution in [0.4, 0.5) is 10.1 Å². The van der Waals surface area contributed by atoms with E-state index in [2.05, 4.69) is 20.9 Å². The number of aryl methyl sites for hydroxylation is 1. The van der Waals surface area contributed by atoms with Gasteiger partial charge in [0.05, 0.1) is 12.5 Å². The van der Waals surface area contributed by atoms with Crippen LogP contribution in [-0.4, -0.2) is 50.5 Å². The topological polar surface area (TPSA) is 154 Å². The summed E-state index contributed by atoms with van der Waals surface area (Å²) in [7, 11) is 0. The second-order valence-corrected chi connectivity index (χ2v) is 12.8.